The predicted molar refractivity (Wildman–Crippen MR) is 109 cm³/mol. The number of pyridine rings is 1. The molecule has 3 rings (SSSR count). The maximum absolute atomic E-state index is 12.9. The van der Waals surface area contributed by atoms with Gasteiger partial charge in [-0.3, -0.25) is 4.79 Å². The molecule has 0 bridgehead atoms. The van der Waals surface area contributed by atoms with Crippen LogP contribution in [0.5, 0.6) is 11.5 Å². The highest BCUT2D eigenvalue weighted by Crippen LogP contribution is 2.33. The SMILES string of the molecule is COc1ccc(C(C(=O)NCCc2ncc3ccccn23)C(C)C)cc1OC. The predicted octanol–water partition coefficient (Wildman–Crippen LogP) is 3.45. The highest BCUT2D eigenvalue weighted by Gasteiger charge is 2.25. The molecule has 2 aromatic heterocycles. The van der Waals surface area contributed by atoms with Gasteiger partial charge >= 0.3 is 0 Å². The van der Waals surface area contributed by atoms with Crippen LogP contribution in [0, 0.1) is 5.92 Å². The number of amides is 1. The van der Waals surface area contributed by atoms with Crippen molar-refractivity contribution in [3.63, 3.8) is 0 Å². The summed E-state index contributed by atoms with van der Waals surface area (Å²) in [5, 5.41) is 3.07. The fourth-order valence-electron chi connectivity index (χ4n) is 3.48. The number of nitrogens with zero attached hydrogens (tertiary/aromatic N) is 2. The molecule has 0 aliphatic rings. The van der Waals surface area contributed by atoms with Gasteiger partial charge in [0.15, 0.2) is 11.5 Å². The zero-order chi connectivity index (χ0) is 20.1. The standard InChI is InChI=1S/C22H27N3O3/c1-15(2)21(16-8-9-18(27-3)19(13-16)28-4)22(26)23-11-10-20-24-14-17-7-5-6-12-25(17)20/h5-9,12-15,21H,10-11H2,1-4H3,(H,23,26). The first-order valence-corrected chi connectivity index (χ1v) is 9.45. The minimum absolute atomic E-state index is 0.00285. The van der Waals surface area contributed by atoms with Crippen LogP contribution in [0.2, 0.25) is 0 Å². The number of hydrogen-bond acceptors (Lipinski definition) is 4. The van der Waals surface area contributed by atoms with Gasteiger partial charge in [0.2, 0.25) is 5.91 Å². The van der Waals surface area contributed by atoms with Crippen molar-refractivity contribution in [1.29, 1.82) is 0 Å². The summed E-state index contributed by atoms with van der Waals surface area (Å²) < 4.78 is 12.7. The molecule has 0 fully saturated rings. The Balaban J connectivity index is 1.70. The number of rotatable bonds is 8. The molecule has 0 saturated carbocycles. The second kappa shape index (κ2) is 8.78. The van der Waals surface area contributed by atoms with Crippen molar-refractivity contribution >= 4 is 11.4 Å². The van der Waals surface area contributed by atoms with Crippen LogP contribution in [0.4, 0.5) is 0 Å². The lowest BCUT2D eigenvalue weighted by Gasteiger charge is -2.22. The molecule has 1 amide bonds. The van der Waals surface area contributed by atoms with E-state index in [1.807, 2.05) is 67.0 Å². The summed E-state index contributed by atoms with van der Waals surface area (Å²) in [6.07, 6.45) is 4.50. The van der Waals surface area contributed by atoms with Gasteiger partial charge < -0.3 is 19.2 Å². The Kier molecular flexibility index (Phi) is 6.19. The highest BCUT2D eigenvalue weighted by atomic mass is 16.5. The van der Waals surface area contributed by atoms with Crippen molar-refractivity contribution in [1.82, 2.24) is 14.7 Å². The summed E-state index contributed by atoms with van der Waals surface area (Å²) in [6.45, 7) is 4.62. The number of methoxy groups -OCH3 is 2. The van der Waals surface area contributed by atoms with E-state index >= 15 is 0 Å². The monoisotopic (exact) mass is 381 g/mol. The van der Waals surface area contributed by atoms with E-state index in [0.717, 1.165) is 16.9 Å². The lowest BCUT2D eigenvalue weighted by molar-refractivity contribution is -0.123. The molecule has 0 aliphatic heterocycles. The number of benzene rings is 1. The molecule has 0 saturated heterocycles. The molecule has 148 valence electrons. The Morgan fingerprint density at radius 3 is 2.64 bits per heavy atom. The van der Waals surface area contributed by atoms with E-state index in [-0.39, 0.29) is 17.7 Å². The van der Waals surface area contributed by atoms with Crippen LogP contribution in [-0.4, -0.2) is 36.1 Å². The van der Waals surface area contributed by atoms with E-state index in [1.165, 1.54) is 0 Å². The van der Waals surface area contributed by atoms with E-state index in [0.29, 0.717) is 24.5 Å². The van der Waals surface area contributed by atoms with Crippen LogP contribution in [0.1, 0.15) is 31.2 Å². The quantitative estimate of drug-likeness (QED) is 0.649. The van der Waals surface area contributed by atoms with Crippen LogP contribution in [0.3, 0.4) is 0 Å². The zero-order valence-corrected chi connectivity index (χ0v) is 16.8. The summed E-state index contributed by atoms with van der Waals surface area (Å²) in [7, 11) is 3.20. The van der Waals surface area contributed by atoms with Gasteiger partial charge in [-0.25, -0.2) is 4.98 Å². The third-order valence-corrected chi connectivity index (χ3v) is 4.88. The summed E-state index contributed by atoms with van der Waals surface area (Å²) in [5.74, 6) is 2.09. The van der Waals surface area contributed by atoms with E-state index < -0.39 is 0 Å². The largest absolute Gasteiger partial charge is 0.493 e. The molecule has 6 nitrogen and oxygen atoms in total. The van der Waals surface area contributed by atoms with Gasteiger partial charge in [-0.15, -0.1) is 0 Å². The van der Waals surface area contributed by atoms with Crippen molar-refractivity contribution < 1.29 is 14.3 Å². The summed E-state index contributed by atoms with van der Waals surface area (Å²) >= 11 is 0. The highest BCUT2D eigenvalue weighted by molar-refractivity contribution is 5.84. The molecule has 2 heterocycles. The lowest BCUT2D eigenvalue weighted by Crippen LogP contribution is -2.33. The lowest BCUT2D eigenvalue weighted by atomic mass is 9.87. The van der Waals surface area contributed by atoms with Crippen LogP contribution in [0.25, 0.3) is 5.52 Å². The number of carbonyl (C=O) groups is 1. The summed E-state index contributed by atoms with van der Waals surface area (Å²) in [5.41, 5.74) is 1.96. The number of carbonyl (C=O) groups excluding carboxylic acids is 1. The van der Waals surface area contributed by atoms with Gasteiger partial charge in [0, 0.05) is 19.2 Å². The van der Waals surface area contributed by atoms with Crippen molar-refractivity contribution in [3.8, 4) is 11.5 Å². The minimum atomic E-state index is -0.267. The fraction of sp³-hybridized carbons (Fsp3) is 0.364. The molecule has 0 aliphatic carbocycles. The fourth-order valence-corrected chi connectivity index (χ4v) is 3.48. The van der Waals surface area contributed by atoms with Crippen molar-refractivity contribution in [2.24, 2.45) is 5.92 Å². The molecule has 3 aromatic rings. The molecule has 1 N–H and O–H groups in total. The molecule has 6 heteroatoms. The second-order valence-corrected chi connectivity index (χ2v) is 7.05. The zero-order valence-electron chi connectivity index (χ0n) is 16.8. The van der Waals surface area contributed by atoms with Crippen LogP contribution >= 0.6 is 0 Å². The first-order valence-electron chi connectivity index (χ1n) is 9.45. The Hall–Kier alpha value is -3.02. The van der Waals surface area contributed by atoms with E-state index in [1.54, 1.807) is 14.2 Å². The first-order chi connectivity index (χ1) is 13.5. The van der Waals surface area contributed by atoms with Crippen LogP contribution < -0.4 is 14.8 Å². The van der Waals surface area contributed by atoms with Crippen molar-refractivity contribution in [3.05, 3.63) is 60.2 Å². The summed E-state index contributed by atoms with van der Waals surface area (Å²) in [6, 6.07) is 11.6. The van der Waals surface area contributed by atoms with Gasteiger partial charge in [-0.1, -0.05) is 26.0 Å². The van der Waals surface area contributed by atoms with Crippen LogP contribution in [-0.2, 0) is 11.2 Å². The molecule has 0 radical (unpaired) electrons. The maximum Gasteiger partial charge on any atom is 0.227 e. The Morgan fingerprint density at radius 2 is 1.93 bits per heavy atom. The van der Waals surface area contributed by atoms with Gasteiger partial charge in [0.05, 0.1) is 31.9 Å². The number of imidazole rings is 1. The molecule has 28 heavy (non-hydrogen) atoms. The van der Waals surface area contributed by atoms with E-state index in [4.69, 9.17) is 9.47 Å². The number of nitrogens with one attached hydrogen (secondary N) is 1. The summed E-state index contributed by atoms with van der Waals surface area (Å²) in [4.78, 5) is 17.4. The van der Waals surface area contributed by atoms with Crippen molar-refractivity contribution in [2.45, 2.75) is 26.2 Å². The first kappa shape index (κ1) is 19.7. The van der Waals surface area contributed by atoms with Crippen LogP contribution in [0.15, 0.2) is 48.8 Å². The molecule has 1 aromatic carbocycles. The topological polar surface area (TPSA) is 64.9 Å². The van der Waals surface area contributed by atoms with Gasteiger partial charge in [-0.2, -0.15) is 0 Å². The Bertz CT molecular complexity index is 949. The van der Waals surface area contributed by atoms with Gasteiger partial charge in [0.25, 0.3) is 0 Å². The third-order valence-electron chi connectivity index (χ3n) is 4.88. The van der Waals surface area contributed by atoms with Gasteiger partial charge in [-0.05, 0) is 35.7 Å². The number of ether oxygens (including phenoxy) is 2. The minimum Gasteiger partial charge on any atom is -0.493 e. The number of hydrogen-bond donors (Lipinski definition) is 1. The molecular weight excluding hydrogens is 354 g/mol. The smallest absolute Gasteiger partial charge is 0.227 e. The third kappa shape index (κ3) is 4.11. The molecule has 1 atom stereocenters. The number of aromatic nitrogens is 2. The van der Waals surface area contributed by atoms with E-state index in [9.17, 15) is 4.79 Å². The molecule has 1 unspecified atom stereocenters. The Morgan fingerprint density at radius 1 is 1.14 bits per heavy atom. The average Bonchev–Trinajstić information content (AvgIpc) is 3.11. The molecule has 0 spiro atoms. The Labute approximate surface area is 165 Å². The average molecular weight is 381 g/mol. The normalized spacial score (nSPS) is 12.2. The second-order valence-electron chi connectivity index (χ2n) is 7.05. The number of fused-ring (bicyclic) bond motifs is 1. The maximum atomic E-state index is 12.9. The molecular formula is C22H27N3O3. The van der Waals surface area contributed by atoms with E-state index in [2.05, 4.69) is 10.3 Å². The van der Waals surface area contributed by atoms with Crippen molar-refractivity contribution in [2.75, 3.05) is 20.8 Å². The van der Waals surface area contributed by atoms with Gasteiger partial charge in [0.1, 0.15) is 5.82 Å².